The highest BCUT2D eigenvalue weighted by Gasteiger charge is 2.35. The Morgan fingerprint density at radius 3 is 2.42 bits per heavy atom. The molecule has 1 fully saturated rings. The topological polar surface area (TPSA) is 29.3 Å². The number of benzene rings is 1. The van der Waals surface area contributed by atoms with Crippen LogP contribution in [0, 0.1) is 5.41 Å². The predicted molar refractivity (Wildman–Crippen MR) is 85.1 cm³/mol. The average molecular weight is 303 g/mol. The molecular formula is C15H24Cl2N2. The molecule has 1 heterocycles. The van der Waals surface area contributed by atoms with Crippen molar-refractivity contribution >= 4 is 24.0 Å². The SMILES string of the molecule is CC(c1ccc(Cl)cc1)N1CCC(N)C(C)(C)C1.Cl. The second kappa shape index (κ2) is 6.45. The molecule has 2 unspecified atom stereocenters. The first-order valence-corrected chi connectivity index (χ1v) is 7.03. The number of halogens is 2. The Labute approximate surface area is 127 Å². The van der Waals surface area contributed by atoms with Crippen molar-refractivity contribution in [1.29, 1.82) is 0 Å². The van der Waals surface area contributed by atoms with Gasteiger partial charge in [-0.25, -0.2) is 0 Å². The molecule has 1 aromatic rings. The van der Waals surface area contributed by atoms with Gasteiger partial charge in [0.25, 0.3) is 0 Å². The van der Waals surface area contributed by atoms with Crippen molar-refractivity contribution < 1.29 is 0 Å². The Balaban J connectivity index is 0.00000180. The highest BCUT2D eigenvalue weighted by atomic mass is 35.5. The summed E-state index contributed by atoms with van der Waals surface area (Å²) in [6.45, 7) is 8.92. The summed E-state index contributed by atoms with van der Waals surface area (Å²) in [6.07, 6.45) is 1.07. The summed E-state index contributed by atoms with van der Waals surface area (Å²) >= 11 is 5.94. The first-order chi connectivity index (χ1) is 8.40. The van der Waals surface area contributed by atoms with E-state index in [2.05, 4.69) is 37.8 Å². The highest BCUT2D eigenvalue weighted by molar-refractivity contribution is 6.30. The summed E-state index contributed by atoms with van der Waals surface area (Å²) < 4.78 is 0. The lowest BCUT2D eigenvalue weighted by molar-refractivity contribution is 0.0664. The third-order valence-electron chi connectivity index (χ3n) is 4.24. The maximum absolute atomic E-state index is 6.19. The predicted octanol–water partition coefficient (Wildman–Crippen LogP) is 3.88. The number of piperidine rings is 1. The van der Waals surface area contributed by atoms with E-state index in [1.165, 1.54) is 5.56 Å². The zero-order valence-electron chi connectivity index (χ0n) is 11.9. The minimum atomic E-state index is 0. The number of hydrogen-bond donors (Lipinski definition) is 1. The molecule has 0 spiro atoms. The molecule has 0 aromatic heterocycles. The molecular weight excluding hydrogens is 279 g/mol. The van der Waals surface area contributed by atoms with Crippen LogP contribution in [0.25, 0.3) is 0 Å². The third-order valence-corrected chi connectivity index (χ3v) is 4.49. The van der Waals surface area contributed by atoms with Gasteiger partial charge in [0, 0.05) is 30.2 Å². The fourth-order valence-electron chi connectivity index (χ4n) is 2.70. The second-order valence-corrected chi connectivity index (χ2v) is 6.52. The van der Waals surface area contributed by atoms with Gasteiger partial charge in [0.2, 0.25) is 0 Å². The first-order valence-electron chi connectivity index (χ1n) is 6.65. The van der Waals surface area contributed by atoms with E-state index in [0.717, 1.165) is 24.5 Å². The van der Waals surface area contributed by atoms with Crippen LogP contribution in [0.15, 0.2) is 24.3 Å². The molecule has 2 rings (SSSR count). The van der Waals surface area contributed by atoms with E-state index in [1.54, 1.807) is 0 Å². The fraction of sp³-hybridized carbons (Fsp3) is 0.600. The number of nitrogens with two attached hydrogens (primary N) is 1. The minimum absolute atomic E-state index is 0. The fourth-order valence-corrected chi connectivity index (χ4v) is 2.82. The van der Waals surface area contributed by atoms with Crippen molar-refractivity contribution in [2.75, 3.05) is 13.1 Å². The molecule has 1 aliphatic rings. The van der Waals surface area contributed by atoms with Crippen molar-refractivity contribution in [1.82, 2.24) is 4.90 Å². The van der Waals surface area contributed by atoms with E-state index in [-0.39, 0.29) is 17.8 Å². The quantitative estimate of drug-likeness (QED) is 0.898. The molecule has 2 atom stereocenters. The minimum Gasteiger partial charge on any atom is -0.327 e. The van der Waals surface area contributed by atoms with Crippen molar-refractivity contribution in [2.24, 2.45) is 11.1 Å². The van der Waals surface area contributed by atoms with Gasteiger partial charge in [0.15, 0.2) is 0 Å². The summed E-state index contributed by atoms with van der Waals surface area (Å²) in [7, 11) is 0. The van der Waals surface area contributed by atoms with Gasteiger partial charge in [-0.15, -0.1) is 12.4 Å². The monoisotopic (exact) mass is 302 g/mol. The van der Waals surface area contributed by atoms with E-state index >= 15 is 0 Å². The van der Waals surface area contributed by atoms with Gasteiger partial charge in [-0.05, 0) is 36.5 Å². The third kappa shape index (κ3) is 3.85. The van der Waals surface area contributed by atoms with Gasteiger partial charge in [0.05, 0.1) is 0 Å². The van der Waals surface area contributed by atoms with Crippen LogP contribution in [0.4, 0.5) is 0 Å². The largest absolute Gasteiger partial charge is 0.327 e. The maximum Gasteiger partial charge on any atom is 0.0406 e. The molecule has 0 aliphatic carbocycles. The van der Waals surface area contributed by atoms with Crippen LogP contribution in [0.3, 0.4) is 0 Å². The molecule has 0 amide bonds. The molecule has 0 saturated carbocycles. The van der Waals surface area contributed by atoms with Crippen LogP contribution in [-0.2, 0) is 0 Å². The number of hydrogen-bond acceptors (Lipinski definition) is 2. The molecule has 1 saturated heterocycles. The Morgan fingerprint density at radius 1 is 1.32 bits per heavy atom. The maximum atomic E-state index is 6.19. The summed E-state index contributed by atoms with van der Waals surface area (Å²) in [5.74, 6) is 0. The molecule has 0 bridgehead atoms. The molecule has 1 aliphatic heterocycles. The molecule has 2 nitrogen and oxygen atoms in total. The van der Waals surface area contributed by atoms with Gasteiger partial charge < -0.3 is 5.73 Å². The Morgan fingerprint density at radius 2 is 1.89 bits per heavy atom. The number of likely N-dealkylation sites (tertiary alicyclic amines) is 1. The van der Waals surface area contributed by atoms with Crippen LogP contribution in [0.1, 0.15) is 38.8 Å². The van der Waals surface area contributed by atoms with Gasteiger partial charge in [-0.3, -0.25) is 4.90 Å². The highest BCUT2D eigenvalue weighted by Crippen LogP contribution is 2.33. The summed E-state index contributed by atoms with van der Waals surface area (Å²) in [5, 5.41) is 0.798. The van der Waals surface area contributed by atoms with E-state index in [1.807, 2.05) is 12.1 Å². The summed E-state index contributed by atoms with van der Waals surface area (Å²) in [4.78, 5) is 2.52. The van der Waals surface area contributed by atoms with Crippen molar-refractivity contribution in [3.8, 4) is 0 Å². The number of rotatable bonds is 2. The molecule has 0 radical (unpaired) electrons. The zero-order valence-corrected chi connectivity index (χ0v) is 13.5. The van der Waals surface area contributed by atoms with Crippen LogP contribution in [-0.4, -0.2) is 24.0 Å². The lowest BCUT2D eigenvalue weighted by Gasteiger charge is -2.45. The lowest BCUT2D eigenvalue weighted by Crippen LogP contribution is -2.52. The van der Waals surface area contributed by atoms with E-state index in [9.17, 15) is 0 Å². The van der Waals surface area contributed by atoms with Gasteiger partial charge in [-0.2, -0.15) is 0 Å². The standard InChI is InChI=1S/C15H23ClN2.ClH/c1-11(12-4-6-13(16)7-5-12)18-9-8-14(17)15(2,3)10-18;/h4-7,11,14H,8-10,17H2,1-3H3;1H. The van der Waals surface area contributed by atoms with Crippen molar-refractivity contribution in [3.05, 3.63) is 34.9 Å². The van der Waals surface area contributed by atoms with E-state index in [4.69, 9.17) is 17.3 Å². The molecule has 108 valence electrons. The Hall–Kier alpha value is -0.280. The average Bonchev–Trinajstić information content (AvgIpc) is 2.33. The van der Waals surface area contributed by atoms with Crippen molar-refractivity contribution in [3.63, 3.8) is 0 Å². The summed E-state index contributed by atoms with van der Waals surface area (Å²) in [6, 6.07) is 8.91. The van der Waals surface area contributed by atoms with Gasteiger partial charge in [0.1, 0.15) is 0 Å². The molecule has 4 heteroatoms. The number of nitrogens with zero attached hydrogens (tertiary/aromatic N) is 1. The first kappa shape index (κ1) is 16.8. The molecule has 1 aromatic carbocycles. The van der Waals surface area contributed by atoms with Crippen LogP contribution in [0.5, 0.6) is 0 Å². The normalized spacial score (nSPS) is 24.6. The van der Waals surface area contributed by atoms with E-state index in [0.29, 0.717) is 12.1 Å². The van der Waals surface area contributed by atoms with Crippen LogP contribution >= 0.6 is 24.0 Å². The summed E-state index contributed by atoms with van der Waals surface area (Å²) in [5.41, 5.74) is 7.71. The lowest BCUT2D eigenvalue weighted by atomic mass is 9.79. The van der Waals surface area contributed by atoms with Crippen LogP contribution in [0.2, 0.25) is 5.02 Å². The smallest absolute Gasteiger partial charge is 0.0406 e. The second-order valence-electron chi connectivity index (χ2n) is 6.08. The molecule has 2 N–H and O–H groups in total. The van der Waals surface area contributed by atoms with Crippen molar-refractivity contribution in [2.45, 2.75) is 39.3 Å². The Bertz CT molecular complexity index is 403. The zero-order chi connectivity index (χ0) is 13.3. The van der Waals surface area contributed by atoms with Crippen LogP contribution < -0.4 is 5.73 Å². The van der Waals surface area contributed by atoms with E-state index < -0.39 is 0 Å². The molecule has 19 heavy (non-hydrogen) atoms. The van der Waals surface area contributed by atoms with Gasteiger partial charge in [-0.1, -0.05) is 37.6 Å². The Kier molecular flexibility index (Phi) is 5.69. The van der Waals surface area contributed by atoms with Gasteiger partial charge >= 0.3 is 0 Å².